The van der Waals surface area contributed by atoms with E-state index < -0.39 is 0 Å². The monoisotopic (exact) mass is 368 g/mol. The van der Waals surface area contributed by atoms with Crippen LogP contribution in [0, 0.1) is 11.3 Å². The Morgan fingerprint density at radius 3 is 2.59 bits per heavy atom. The molecule has 1 N–H and O–H groups in total. The summed E-state index contributed by atoms with van der Waals surface area (Å²) in [6.07, 6.45) is 1.57. The highest BCUT2D eigenvalue weighted by molar-refractivity contribution is 5.45. The average Bonchev–Trinajstić information content (AvgIpc) is 2.75. The number of pyridine rings is 1. The van der Waals surface area contributed by atoms with Crippen LogP contribution >= 0.6 is 0 Å². The maximum atomic E-state index is 8.91. The van der Waals surface area contributed by atoms with Crippen molar-refractivity contribution in [1.82, 2.24) is 9.88 Å². The largest absolute Gasteiger partial charge is 0.493 e. The second-order valence-electron chi connectivity index (χ2n) is 6.20. The Bertz CT molecular complexity index is 783. The Morgan fingerprint density at radius 2 is 1.96 bits per heavy atom. The molecule has 0 spiro atoms. The zero-order chi connectivity index (χ0) is 19.1. The third kappa shape index (κ3) is 4.67. The number of anilines is 1. The van der Waals surface area contributed by atoms with Crippen LogP contribution in [0.2, 0.25) is 0 Å². The minimum atomic E-state index is 0.131. The summed E-state index contributed by atoms with van der Waals surface area (Å²) >= 11 is 0. The quantitative estimate of drug-likeness (QED) is 0.804. The first-order chi connectivity index (χ1) is 13.2. The highest BCUT2D eigenvalue weighted by atomic mass is 16.5. The SMILES string of the molecule is COc1ccc(C(CNc2ccc(C#N)cn2)N2CCOCC2)cc1OC. The molecule has 0 radical (unpaired) electrons. The number of nitrogens with zero attached hydrogens (tertiary/aromatic N) is 3. The predicted octanol–water partition coefficient (Wildman–Crippen LogP) is 2.46. The van der Waals surface area contributed by atoms with Gasteiger partial charge in [-0.1, -0.05) is 6.07 Å². The standard InChI is InChI=1S/C20H24N4O3/c1-25-18-5-4-16(11-19(18)26-2)17(24-7-9-27-10-8-24)14-23-20-6-3-15(12-21)13-22-20/h3-6,11,13,17H,7-10,14H2,1-2H3,(H,22,23). The molecule has 2 heterocycles. The van der Waals surface area contributed by atoms with E-state index in [1.165, 1.54) is 0 Å². The summed E-state index contributed by atoms with van der Waals surface area (Å²) in [5.74, 6) is 2.17. The average molecular weight is 368 g/mol. The second kappa shape index (κ2) is 9.21. The topological polar surface area (TPSA) is 79.6 Å². The summed E-state index contributed by atoms with van der Waals surface area (Å²) in [6.45, 7) is 3.84. The molecule has 1 unspecified atom stereocenters. The van der Waals surface area contributed by atoms with Crippen molar-refractivity contribution in [3.8, 4) is 17.6 Å². The molecule has 1 atom stereocenters. The van der Waals surface area contributed by atoms with Crippen molar-refractivity contribution in [3.63, 3.8) is 0 Å². The second-order valence-corrected chi connectivity index (χ2v) is 6.20. The van der Waals surface area contributed by atoms with Gasteiger partial charge in [-0.15, -0.1) is 0 Å². The molecule has 142 valence electrons. The summed E-state index contributed by atoms with van der Waals surface area (Å²) in [5, 5.41) is 12.3. The van der Waals surface area contributed by atoms with Crippen molar-refractivity contribution in [2.24, 2.45) is 0 Å². The lowest BCUT2D eigenvalue weighted by Crippen LogP contribution is -2.41. The molecule has 1 aromatic carbocycles. The molecule has 7 nitrogen and oxygen atoms in total. The van der Waals surface area contributed by atoms with Gasteiger partial charge in [0.15, 0.2) is 11.5 Å². The summed E-state index contributed by atoms with van der Waals surface area (Å²) in [5.41, 5.74) is 1.68. The van der Waals surface area contributed by atoms with E-state index in [0.29, 0.717) is 23.6 Å². The first kappa shape index (κ1) is 19.0. The van der Waals surface area contributed by atoms with Crippen LogP contribution in [0.25, 0.3) is 0 Å². The van der Waals surface area contributed by atoms with Crippen LogP contribution in [0.3, 0.4) is 0 Å². The van der Waals surface area contributed by atoms with Crippen LogP contribution < -0.4 is 14.8 Å². The Kier molecular flexibility index (Phi) is 6.47. The number of morpholine rings is 1. The van der Waals surface area contributed by atoms with Crippen LogP contribution in [0.5, 0.6) is 11.5 Å². The number of rotatable bonds is 7. The van der Waals surface area contributed by atoms with Crippen LogP contribution in [-0.4, -0.2) is 57.0 Å². The molecule has 0 amide bonds. The number of benzene rings is 1. The summed E-state index contributed by atoms with van der Waals surface area (Å²) in [6, 6.07) is 11.8. The third-order valence-electron chi connectivity index (χ3n) is 4.65. The van der Waals surface area contributed by atoms with Crippen molar-refractivity contribution >= 4 is 5.82 Å². The van der Waals surface area contributed by atoms with Gasteiger partial charge in [0.05, 0.1) is 39.0 Å². The molecular weight excluding hydrogens is 344 g/mol. The molecular formula is C20H24N4O3. The maximum Gasteiger partial charge on any atom is 0.161 e. The molecule has 1 saturated heterocycles. The Labute approximate surface area is 159 Å². The highest BCUT2D eigenvalue weighted by Crippen LogP contribution is 2.32. The van der Waals surface area contributed by atoms with Gasteiger partial charge < -0.3 is 19.5 Å². The highest BCUT2D eigenvalue weighted by Gasteiger charge is 2.24. The fourth-order valence-electron chi connectivity index (χ4n) is 3.17. The van der Waals surface area contributed by atoms with E-state index in [1.807, 2.05) is 18.2 Å². The minimum Gasteiger partial charge on any atom is -0.493 e. The van der Waals surface area contributed by atoms with Gasteiger partial charge in [0.25, 0.3) is 0 Å². The Balaban J connectivity index is 1.81. The van der Waals surface area contributed by atoms with Gasteiger partial charge in [-0.25, -0.2) is 4.98 Å². The third-order valence-corrected chi connectivity index (χ3v) is 4.65. The zero-order valence-electron chi connectivity index (χ0n) is 15.6. The van der Waals surface area contributed by atoms with E-state index in [2.05, 4.69) is 27.3 Å². The summed E-state index contributed by atoms with van der Waals surface area (Å²) in [4.78, 5) is 6.69. The fourth-order valence-corrected chi connectivity index (χ4v) is 3.17. The molecule has 7 heteroatoms. The van der Waals surface area contributed by atoms with Crippen LogP contribution in [0.4, 0.5) is 5.82 Å². The number of hydrogen-bond acceptors (Lipinski definition) is 7. The number of nitriles is 1. The summed E-state index contributed by atoms with van der Waals surface area (Å²) in [7, 11) is 3.28. The van der Waals surface area contributed by atoms with Crippen molar-refractivity contribution in [3.05, 3.63) is 47.7 Å². The van der Waals surface area contributed by atoms with Gasteiger partial charge in [0, 0.05) is 25.8 Å². The molecule has 1 fully saturated rings. The van der Waals surface area contributed by atoms with Crippen molar-refractivity contribution in [2.75, 3.05) is 52.4 Å². The molecule has 27 heavy (non-hydrogen) atoms. The van der Waals surface area contributed by atoms with E-state index in [4.69, 9.17) is 19.5 Å². The zero-order valence-corrected chi connectivity index (χ0v) is 15.6. The van der Waals surface area contributed by atoms with Crippen molar-refractivity contribution in [2.45, 2.75) is 6.04 Å². The maximum absolute atomic E-state index is 8.91. The van der Waals surface area contributed by atoms with E-state index in [1.54, 1.807) is 26.5 Å². The molecule has 0 aliphatic carbocycles. The minimum absolute atomic E-state index is 0.131. The van der Waals surface area contributed by atoms with Gasteiger partial charge in [-0.3, -0.25) is 4.90 Å². The lowest BCUT2D eigenvalue weighted by atomic mass is 10.0. The van der Waals surface area contributed by atoms with Gasteiger partial charge in [-0.05, 0) is 29.8 Å². The molecule has 1 aromatic heterocycles. The molecule has 0 bridgehead atoms. The van der Waals surface area contributed by atoms with E-state index in [0.717, 1.165) is 37.7 Å². The molecule has 0 saturated carbocycles. The van der Waals surface area contributed by atoms with Gasteiger partial charge in [0.2, 0.25) is 0 Å². The predicted molar refractivity (Wildman–Crippen MR) is 102 cm³/mol. The number of ether oxygens (including phenoxy) is 3. The van der Waals surface area contributed by atoms with Crippen molar-refractivity contribution in [1.29, 1.82) is 5.26 Å². The van der Waals surface area contributed by atoms with E-state index in [-0.39, 0.29) is 6.04 Å². The number of hydrogen-bond donors (Lipinski definition) is 1. The van der Waals surface area contributed by atoms with E-state index in [9.17, 15) is 0 Å². The number of aromatic nitrogens is 1. The Morgan fingerprint density at radius 1 is 1.19 bits per heavy atom. The lowest BCUT2D eigenvalue weighted by Gasteiger charge is -2.35. The number of methoxy groups -OCH3 is 2. The fraction of sp³-hybridized carbons (Fsp3) is 0.400. The lowest BCUT2D eigenvalue weighted by molar-refractivity contribution is 0.0186. The van der Waals surface area contributed by atoms with E-state index >= 15 is 0 Å². The Hall–Kier alpha value is -2.82. The van der Waals surface area contributed by atoms with Crippen LogP contribution in [-0.2, 0) is 4.74 Å². The molecule has 3 rings (SSSR count). The van der Waals surface area contributed by atoms with Gasteiger partial charge in [0.1, 0.15) is 11.9 Å². The first-order valence-electron chi connectivity index (χ1n) is 8.89. The van der Waals surface area contributed by atoms with Crippen molar-refractivity contribution < 1.29 is 14.2 Å². The number of nitrogens with one attached hydrogen (secondary N) is 1. The molecule has 1 aliphatic rings. The normalized spacial score (nSPS) is 15.6. The molecule has 2 aromatic rings. The molecule has 1 aliphatic heterocycles. The van der Waals surface area contributed by atoms with Crippen LogP contribution in [0.1, 0.15) is 17.2 Å². The first-order valence-corrected chi connectivity index (χ1v) is 8.89. The smallest absolute Gasteiger partial charge is 0.161 e. The van der Waals surface area contributed by atoms with Gasteiger partial charge in [-0.2, -0.15) is 5.26 Å². The van der Waals surface area contributed by atoms with Gasteiger partial charge >= 0.3 is 0 Å². The van der Waals surface area contributed by atoms with Crippen LogP contribution in [0.15, 0.2) is 36.5 Å². The summed E-state index contributed by atoms with van der Waals surface area (Å²) < 4.78 is 16.3.